The van der Waals surface area contributed by atoms with Gasteiger partial charge in [-0.15, -0.1) is 0 Å². The standard InChI is InChI=1S/C11H16N.C4H9.3V/c1-11(2,3)7-6-10-5-4-8-12-9-10;1-4(2)3;;;/h5,8-9H,6-7H2,1-3H3;1-3H3;;;/q2*-1;;;+2. The van der Waals surface area contributed by atoms with Gasteiger partial charge in [-0.2, -0.15) is 26.3 Å². The van der Waals surface area contributed by atoms with Crippen molar-refractivity contribution in [3.05, 3.63) is 36.0 Å². The van der Waals surface area contributed by atoms with E-state index in [1.807, 2.05) is 12.3 Å². The largest absolute Gasteiger partial charge is 2.00 e. The van der Waals surface area contributed by atoms with Crippen LogP contribution in [-0.2, 0) is 62.1 Å². The van der Waals surface area contributed by atoms with E-state index in [0.717, 1.165) is 6.42 Å². The van der Waals surface area contributed by atoms with Crippen LogP contribution >= 0.6 is 0 Å². The molecule has 0 aliphatic heterocycles. The van der Waals surface area contributed by atoms with Gasteiger partial charge in [0, 0.05) is 37.1 Å². The van der Waals surface area contributed by atoms with Crippen molar-refractivity contribution in [2.24, 2.45) is 5.41 Å². The first-order valence-corrected chi connectivity index (χ1v) is 5.88. The smallest absolute Gasteiger partial charge is 0.323 e. The summed E-state index contributed by atoms with van der Waals surface area (Å²) in [6.45, 7) is 13.0. The topological polar surface area (TPSA) is 12.9 Å². The summed E-state index contributed by atoms with van der Waals surface area (Å²) in [6, 6.07) is 5.00. The molecule has 4 heteroatoms. The summed E-state index contributed by atoms with van der Waals surface area (Å²) in [5.41, 5.74) is 1.70. The Kier molecular flexibility index (Phi) is 22.6. The van der Waals surface area contributed by atoms with E-state index < -0.39 is 0 Å². The third kappa shape index (κ3) is 24.3. The van der Waals surface area contributed by atoms with Gasteiger partial charge >= 0.3 is 18.6 Å². The van der Waals surface area contributed by atoms with Crippen molar-refractivity contribution in [3.63, 3.8) is 0 Å². The van der Waals surface area contributed by atoms with E-state index in [9.17, 15) is 0 Å². The number of hydrogen-bond donors (Lipinski definition) is 0. The number of aryl methyl sites for hydroxylation is 1. The van der Waals surface area contributed by atoms with E-state index in [1.165, 1.54) is 17.9 Å². The fraction of sp³-hybridized carbons (Fsp3) is 0.600. The van der Waals surface area contributed by atoms with Crippen LogP contribution in [0.25, 0.3) is 0 Å². The SMILES string of the molecule is CC(C)(C)CCc1c[c-]cnc1.C[C-](C)C.[V+2].[V].[V]. The van der Waals surface area contributed by atoms with Crippen LogP contribution in [0, 0.1) is 17.4 Å². The zero-order valence-corrected chi connectivity index (χ0v) is 17.1. The molecule has 0 aliphatic carbocycles. The van der Waals surface area contributed by atoms with Gasteiger partial charge in [0.05, 0.1) is 0 Å². The number of pyridine rings is 1. The zero-order chi connectivity index (χ0) is 12.6. The van der Waals surface area contributed by atoms with Crippen molar-refractivity contribution in [1.82, 2.24) is 4.98 Å². The van der Waals surface area contributed by atoms with E-state index in [2.05, 4.69) is 52.6 Å². The summed E-state index contributed by atoms with van der Waals surface area (Å²) in [5, 5.41) is 0. The normalized spacial score (nSPS) is 9.21. The second-order valence-corrected chi connectivity index (χ2v) is 5.85. The Balaban J connectivity index is -0.000000144. The van der Waals surface area contributed by atoms with Gasteiger partial charge < -0.3 is 10.9 Å². The molecular formula is C15H25NV3. The molecule has 0 amide bonds. The van der Waals surface area contributed by atoms with Crippen molar-refractivity contribution in [1.29, 1.82) is 0 Å². The van der Waals surface area contributed by atoms with Crippen LogP contribution in [0.3, 0.4) is 0 Å². The van der Waals surface area contributed by atoms with Crippen LogP contribution in [-0.4, -0.2) is 4.98 Å². The molecule has 3 radical (unpaired) electrons. The first-order chi connectivity index (χ1) is 7.31. The summed E-state index contributed by atoms with van der Waals surface area (Å²) in [5.74, 6) is 1.42. The molecule has 0 saturated heterocycles. The van der Waals surface area contributed by atoms with Crippen molar-refractivity contribution in [2.45, 2.75) is 54.4 Å². The number of aromatic nitrogens is 1. The fourth-order valence-electron chi connectivity index (χ4n) is 1.01. The molecule has 0 bridgehead atoms. The van der Waals surface area contributed by atoms with Gasteiger partial charge in [-0.3, -0.25) is 0 Å². The number of nitrogens with zero attached hydrogens (tertiary/aromatic N) is 1. The second-order valence-electron chi connectivity index (χ2n) is 5.85. The Labute approximate surface area is 155 Å². The second kappa shape index (κ2) is 15.3. The van der Waals surface area contributed by atoms with E-state index in [4.69, 9.17) is 0 Å². The Morgan fingerprint density at radius 2 is 1.63 bits per heavy atom. The van der Waals surface area contributed by atoms with Gasteiger partial charge in [-0.05, 0) is 5.41 Å². The maximum absolute atomic E-state index is 4.03. The van der Waals surface area contributed by atoms with Crippen LogP contribution in [0.4, 0.5) is 0 Å². The Bertz CT molecular complexity index is 266. The molecule has 105 valence electrons. The summed E-state index contributed by atoms with van der Waals surface area (Å²) in [6.07, 6.45) is 5.92. The first-order valence-electron chi connectivity index (χ1n) is 5.88. The summed E-state index contributed by atoms with van der Waals surface area (Å²) >= 11 is 0. The Morgan fingerprint density at radius 1 is 1.16 bits per heavy atom. The summed E-state index contributed by atoms with van der Waals surface area (Å²) in [4.78, 5) is 4.03. The van der Waals surface area contributed by atoms with Gasteiger partial charge in [0.25, 0.3) is 0 Å². The fourth-order valence-corrected chi connectivity index (χ4v) is 1.01. The monoisotopic (exact) mass is 372 g/mol. The molecule has 19 heavy (non-hydrogen) atoms. The average molecular weight is 372 g/mol. The Hall–Kier alpha value is 0.903. The molecule has 0 unspecified atom stereocenters. The van der Waals surface area contributed by atoms with Gasteiger partial charge in [-0.1, -0.05) is 46.0 Å². The maximum Gasteiger partial charge on any atom is 2.00 e. The molecular weight excluding hydrogens is 347 g/mol. The van der Waals surface area contributed by atoms with Crippen LogP contribution in [0.1, 0.15) is 53.5 Å². The van der Waals surface area contributed by atoms with Crippen LogP contribution in [0.5, 0.6) is 0 Å². The predicted molar refractivity (Wildman–Crippen MR) is 71.1 cm³/mol. The summed E-state index contributed by atoms with van der Waals surface area (Å²) in [7, 11) is 0. The quantitative estimate of drug-likeness (QED) is 0.698. The van der Waals surface area contributed by atoms with Gasteiger partial charge in [0.2, 0.25) is 0 Å². The number of rotatable bonds is 2. The van der Waals surface area contributed by atoms with E-state index in [0.29, 0.717) is 5.41 Å². The van der Waals surface area contributed by atoms with Crippen molar-refractivity contribution >= 4 is 0 Å². The van der Waals surface area contributed by atoms with Crippen LogP contribution in [0.2, 0.25) is 0 Å². The molecule has 1 nitrogen and oxygen atoms in total. The maximum atomic E-state index is 4.03. The Morgan fingerprint density at radius 3 is 1.95 bits per heavy atom. The molecule has 1 rings (SSSR count). The molecule has 1 aromatic rings. The molecule has 0 spiro atoms. The van der Waals surface area contributed by atoms with Gasteiger partial charge in [0.1, 0.15) is 0 Å². The van der Waals surface area contributed by atoms with E-state index in [1.54, 1.807) is 6.20 Å². The predicted octanol–water partition coefficient (Wildman–Crippen LogP) is 4.47. The molecule has 0 aromatic carbocycles. The minimum absolute atomic E-state index is 0. The summed E-state index contributed by atoms with van der Waals surface area (Å²) < 4.78 is 0. The van der Waals surface area contributed by atoms with Crippen molar-refractivity contribution in [2.75, 3.05) is 0 Å². The molecule has 0 saturated carbocycles. The molecule has 1 heterocycles. The van der Waals surface area contributed by atoms with E-state index in [-0.39, 0.29) is 55.7 Å². The van der Waals surface area contributed by atoms with Crippen molar-refractivity contribution < 1.29 is 55.7 Å². The zero-order valence-electron chi connectivity index (χ0n) is 12.9. The van der Waals surface area contributed by atoms with Gasteiger partial charge in [0.15, 0.2) is 0 Å². The molecule has 1 aromatic heterocycles. The van der Waals surface area contributed by atoms with Crippen LogP contribution in [0.15, 0.2) is 18.5 Å². The molecule has 0 aliphatic rings. The average Bonchev–Trinajstić information content (AvgIpc) is 2.14. The number of hydrogen-bond acceptors (Lipinski definition) is 1. The van der Waals surface area contributed by atoms with Crippen molar-refractivity contribution in [3.8, 4) is 0 Å². The molecule has 0 N–H and O–H groups in total. The molecule has 0 fully saturated rings. The van der Waals surface area contributed by atoms with Crippen LogP contribution < -0.4 is 0 Å². The third-order valence-corrected chi connectivity index (χ3v) is 1.82. The first kappa shape index (κ1) is 28.1. The minimum Gasteiger partial charge on any atom is -0.323 e. The molecule has 0 atom stereocenters. The van der Waals surface area contributed by atoms with E-state index >= 15 is 0 Å². The minimum atomic E-state index is 0. The third-order valence-electron chi connectivity index (χ3n) is 1.82. The van der Waals surface area contributed by atoms with Gasteiger partial charge in [-0.25, -0.2) is 12.1 Å².